The summed E-state index contributed by atoms with van der Waals surface area (Å²) in [5.74, 6) is 0.286. The number of carbonyl (C=O) groups is 2. The minimum atomic E-state index is 0.0776. The molecule has 1 aromatic carbocycles. The summed E-state index contributed by atoms with van der Waals surface area (Å²) in [5, 5.41) is 0.629. The minimum Gasteiger partial charge on any atom is -0.339 e. The molecule has 0 N–H and O–H groups in total. The standard InChI is InChI=1S/C17H23ClN2O2/c1-2-3-8-16(21)19-9-11-20(12-10-19)17(22)13-14-6-4-5-7-15(14)18/h4-7H,2-3,8-13H2,1H3. The summed E-state index contributed by atoms with van der Waals surface area (Å²) in [7, 11) is 0. The Balaban J connectivity index is 1.82. The van der Waals surface area contributed by atoms with Gasteiger partial charge in [0.15, 0.2) is 0 Å². The quantitative estimate of drug-likeness (QED) is 0.836. The normalized spacial score (nSPS) is 15.0. The molecule has 2 amide bonds. The highest BCUT2D eigenvalue weighted by atomic mass is 35.5. The zero-order valence-corrected chi connectivity index (χ0v) is 13.8. The molecule has 0 spiro atoms. The van der Waals surface area contributed by atoms with E-state index >= 15 is 0 Å². The lowest BCUT2D eigenvalue weighted by Gasteiger charge is -2.35. The van der Waals surface area contributed by atoms with Crippen LogP contribution in [-0.2, 0) is 16.0 Å². The molecule has 1 aliphatic rings. The summed E-state index contributed by atoms with van der Waals surface area (Å²) in [6.07, 6.45) is 2.90. The third-order valence-electron chi connectivity index (χ3n) is 4.03. The molecule has 2 rings (SSSR count). The number of piperazine rings is 1. The second-order valence-corrected chi connectivity index (χ2v) is 6.04. The maximum Gasteiger partial charge on any atom is 0.227 e. The van der Waals surface area contributed by atoms with Crippen LogP contribution in [0.25, 0.3) is 0 Å². The summed E-state index contributed by atoms with van der Waals surface area (Å²) in [5.41, 5.74) is 0.857. The SMILES string of the molecule is CCCCC(=O)N1CCN(C(=O)Cc2ccccc2Cl)CC1. The Bertz CT molecular complexity index is 525. The number of unbranched alkanes of at least 4 members (excludes halogenated alkanes) is 1. The van der Waals surface area contributed by atoms with E-state index in [-0.39, 0.29) is 11.8 Å². The average Bonchev–Trinajstić information content (AvgIpc) is 2.55. The number of amides is 2. The number of halogens is 1. The fraction of sp³-hybridized carbons (Fsp3) is 0.529. The van der Waals surface area contributed by atoms with Crippen LogP contribution >= 0.6 is 11.6 Å². The average molecular weight is 323 g/mol. The zero-order chi connectivity index (χ0) is 15.9. The highest BCUT2D eigenvalue weighted by Crippen LogP contribution is 2.17. The maximum atomic E-state index is 12.3. The van der Waals surface area contributed by atoms with Crippen LogP contribution in [0.5, 0.6) is 0 Å². The number of hydrogen-bond acceptors (Lipinski definition) is 2. The highest BCUT2D eigenvalue weighted by Gasteiger charge is 2.23. The molecule has 0 bridgehead atoms. The van der Waals surface area contributed by atoms with Crippen LogP contribution < -0.4 is 0 Å². The van der Waals surface area contributed by atoms with Gasteiger partial charge in [-0.25, -0.2) is 0 Å². The molecular weight excluding hydrogens is 300 g/mol. The first kappa shape index (κ1) is 16.8. The Kier molecular flexibility index (Phi) is 6.25. The largest absolute Gasteiger partial charge is 0.339 e. The van der Waals surface area contributed by atoms with Gasteiger partial charge in [-0.05, 0) is 18.1 Å². The van der Waals surface area contributed by atoms with Crippen molar-refractivity contribution in [3.8, 4) is 0 Å². The van der Waals surface area contributed by atoms with Crippen molar-refractivity contribution in [1.82, 2.24) is 9.80 Å². The molecule has 22 heavy (non-hydrogen) atoms. The van der Waals surface area contributed by atoms with Crippen molar-refractivity contribution in [3.63, 3.8) is 0 Å². The van der Waals surface area contributed by atoms with Crippen LogP contribution in [0.1, 0.15) is 31.7 Å². The topological polar surface area (TPSA) is 40.6 Å². The van der Waals surface area contributed by atoms with Gasteiger partial charge in [0.05, 0.1) is 6.42 Å². The van der Waals surface area contributed by atoms with Crippen molar-refractivity contribution in [1.29, 1.82) is 0 Å². The minimum absolute atomic E-state index is 0.0776. The predicted octanol–water partition coefficient (Wildman–Crippen LogP) is 2.74. The van der Waals surface area contributed by atoms with Crippen molar-refractivity contribution in [3.05, 3.63) is 34.9 Å². The van der Waals surface area contributed by atoms with E-state index in [9.17, 15) is 9.59 Å². The summed E-state index contributed by atoms with van der Waals surface area (Å²) in [4.78, 5) is 28.0. The first-order chi connectivity index (χ1) is 10.6. The van der Waals surface area contributed by atoms with Gasteiger partial charge in [0.25, 0.3) is 0 Å². The van der Waals surface area contributed by atoms with Gasteiger partial charge < -0.3 is 9.80 Å². The van der Waals surface area contributed by atoms with Crippen LogP contribution in [0.4, 0.5) is 0 Å². The molecule has 1 saturated heterocycles. The van der Waals surface area contributed by atoms with Gasteiger partial charge in [-0.1, -0.05) is 43.1 Å². The lowest BCUT2D eigenvalue weighted by molar-refractivity contribution is -0.139. The Hall–Kier alpha value is -1.55. The summed E-state index contributed by atoms with van der Waals surface area (Å²) >= 11 is 6.10. The van der Waals surface area contributed by atoms with E-state index in [4.69, 9.17) is 11.6 Å². The second-order valence-electron chi connectivity index (χ2n) is 5.63. The van der Waals surface area contributed by atoms with Crippen molar-refractivity contribution in [2.45, 2.75) is 32.6 Å². The van der Waals surface area contributed by atoms with Crippen LogP contribution in [-0.4, -0.2) is 47.8 Å². The third-order valence-corrected chi connectivity index (χ3v) is 4.40. The van der Waals surface area contributed by atoms with Gasteiger partial charge in [0.2, 0.25) is 11.8 Å². The fourth-order valence-electron chi connectivity index (χ4n) is 2.61. The Morgan fingerprint density at radius 2 is 1.64 bits per heavy atom. The van der Waals surface area contributed by atoms with Gasteiger partial charge in [-0.15, -0.1) is 0 Å². The Labute approximate surface area is 137 Å². The van der Waals surface area contributed by atoms with Crippen LogP contribution in [0, 0.1) is 0 Å². The molecule has 1 fully saturated rings. The lowest BCUT2D eigenvalue weighted by Crippen LogP contribution is -2.50. The number of nitrogens with zero attached hydrogens (tertiary/aromatic N) is 2. The van der Waals surface area contributed by atoms with E-state index < -0.39 is 0 Å². The van der Waals surface area contributed by atoms with E-state index in [1.54, 1.807) is 6.07 Å². The summed E-state index contributed by atoms with van der Waals surface area (Å²) in [6.45, 7) is 4.58. The molecule has 0 aromatic heterocycles. The van der Waals surface area contributed by atoms with Crippen molar-refractivity contribution >= 4 is 23.4 Å². The van der Waals surface area contributed by atoms with Crippen LogP contribution in [0.2, 0.25) is 5.02 Å². The molecule has 5 heteroatoms. The second kappa shape index (κ2) is 8.18. The number of rotatable bonds is 5. The molecule has 4 nitrogen and oxygen atoms in total. The van der Waals surface area contributed by atoms with Gasteiger partial charge in [0.1, 0.15) is 0 Å². The van der Waals surface area contributed by atoms with E-state index in [1.165, 1.54) is 0 Å². The predicted molar refractivity (Wildman–Crippen MR) is 87.8 cm³/mol. The molecule has 1 aromatic rings. The first-order valence-electron chi connectivity index (χ1n) is 7.90. The molecule has 0 radical (unpaired) electrons. The van der Waals surface area contributed by atoms with Gasteiger partial charge >= 0.3 is 0 Å². The van der Waals surface area contributed by atoms with Crippen molar-refractivity contribution in [2.75, 3.05) is 26.2 Å². The summed E-state index contributed by atoms with van der Waals surface area (Å²) in [6, 6.07) is 7.43. The smallest absolute Gasteiger partial charge is 0.227 e. The van der Waals surface area contributed by atoms with Crippen LogP contribution in [0.15, 0.2) is 24.3 Å². The highest BCUT2D eigenvalue weighted by molar-refractivity contribution is 6.31. The zero-order valence-electron chi connectivity index (χ0n) is 13.1. The molecule has 1 aliphatic heterocycles. The Morgan fingerprint density at radius 1 is 1.05 bits per heavy atom. The molecule has 0 aliphatic carbocycles. The summed E-state index contributed by atoms with van der Waals surface area (Å²) < 4.78 is 0. The van der Waals surface area contributed by atoms with Crippen molar-refractivity contribution in [2.24, 2.45) is 0 Å². The fourth-order valence-corrected chi connectivity index (χ4v) is 2.81. The van der Waals surface area contributed by atoms with Gasteiger partial charge in [-0.3, -0.25) is 9.59 Å². The number of carbonyl (C=O) groups excluding carboxylic acids is 2. The Morgan fingerprint density at radius 3 is 2.23 bits per heavy atom. The molecular formula is C17H23ClN2O2. The molecule has 120 valence electrons. The number of benzene rings is 1. The van der Waals surface area contributed by atoms with Gasteiger partial charge in [0, 0.05) is 37.6 Å². The van der Waals surface area contributed by atoms with E-state index in [1.807, 2.05) is 28.0 Å². The molecule has 0 atom stereocenters. The van der Waals surface area contributed by atoms with E-state index in [2.05, 4.69) is 6.92 Å². The number of hydrogen-bond donors (Lipinski definition) is 0. The lowest BCUT2D eigenvalue weighted by atomic mass is 10.1. The maximum absolute atomic E-state index is 12.3. The van der Waals surface area contributed by atoms with Crippen LogP contribution in [0.3, 0.4) is 0 Å². The van der Waals surface area contributed by atoms with E-state index in [0.717, 1.165) is 18.4 Å². The monoisotopic (exact) mass is 322 g/mol. The van der Waals surface area contributed by atoms with Gasteiger partial charge in [-0.2, -0.15) is 0 Å². The molecule has 0 saturated carbocycles. The van der Waals surface area contributed by atoms with E-state index in [0.29, 0.717) is 44.0 Å². The molecule has 1 heterocycles. The third kappa shape index (κ3) is 4.47. The van der Waals surface area contributed by atoms with Crippen molar-refractivity contribution < 1.29 is 9.59 Å². The first-order valence-corrected chi connectivity index (χ1v) is 8.28. The molecule has 0 unspecified atom stereocenters.